The van der Waals surface area contributed by atoms with Gasteiger partial charge in [0.25, 0.3) is 5.56 Å². The van der Waals surface area contributed by atoms with Gasteiger partial charge in [-0.2, -0.15) is 0 Å². The number of carbonyl (C=O) groups excluding carboxylic acids is 1. The van der Waals surface area contributed by atoms with Gasteiger partial charge in [-0.1, -0.05) is 29.5 Å². The predicted molar refractivity (Wildman–Crippen MR) is 131 cm³/mol. The van der Waals surface area contributed by atoms with Crippen molar-refractivity contribution in [2.75, 3.05) is 20.5 Å². The quantitative estimate of drug-likeness (QED) is 0.509. The molecule has 3 aromatic rings. The molecule has 0 amide bonds. The summed E-state index contributed by atoms with van der Waals surface area (Å²) in [7, 11) is 1.56. The number of rotatable bonds is 5. The van der Waals surface area contributed by atoms with Gasteiger partial charge in [-0.3, -0.25) is 9.36 Å². The zero-order chi connectivity index (χ0) is 24.7. The second-order valence-corrected chi connectivity index (χ2v) is 9.12. The summed E-state index contributed by atoms with van der Waals surface area (Å²) in [5.41, 5.74) is 3.04. The lowest BCUT2D eigenvalue weighted by atomic mass is 9.95. The van der Waals surface area contributed by atoms with Gasteiger partial charge < -0.3 is 18.9 Å². The number of hydrogen-bond donors (Lipinski definition) is 0. The van der Waals surface area contributed by atoms with Crippen LogP contribution in [0.15, 0.2) is 57.5 Å². The second-order valence-electron chi connectivity index (χ2n) is 8.11. The molecule has 3 heterocycles. The number of esters is 1. The summed E-state index contributed by atoms with van der Waals surface area (Å²) in [5.74, 6) is 1.38. The summed E-state index contributed by atoms with van der Waals surface area (Å²) in [6.07, 6.45) is 1.82. The number of benzene rings is 2. The Bertz CT molecular complexity index is 1550. The van der Waals surface area contributed by atoms with Crippen LogP contribution in [0.2, 0.25) is 0 Å². The van der Waals surface area contributed by atoms with Gasteiger partial charge >= 0.3 is 5.97 Å². The number of nitrogens with zero attached hydrogens (tertiary/aromatic N) is 2. The molecule has 0 radical (unpaired) electrons. The smallest absolute Gasteiger partial charge is 0.338 e. The van der Waals surface area contributed by atoms with Crippen molar-refractivity contribution in [3.63, 3.8) is 0 Å². The fourth-order valence-electron chi connectivity index (χ4n) is 4.33. The van der Waals surface area contributed by atoms with E-state index in [1.165, 1.54) is 11.3 Å². The van der Waals surface area contributed by atoms with E-state index in [0.717, 1.165) is 11.1 Å². The van der Waals surface area contributed by atoms with Crippen LogP contribution in [0.3, 0.4) is 0 Å². The van der Waals surface area contributed by atoms with E-state index >= 15 is 0 Å². The lowest BCUT2D eigenvalue weighted by Crippen LogP contribution is -2.40. The molecular formula is C26H24N2O6S. The van der Waals surface area contributed by atoms with Gasteiger partial charge in [0.05, 0.1) is 29.5 Å². The fourth-order valence-corrected chi connectivity index (χ4v) is 5.37. The molecular weight excluding hydrogens is 468 g/mol. The highest BCUT2D eigenvalue weighted by Gasteiger charge is 2.35. The second kappa shape index (κ2) is 9.07. The van der Waals surface area contributed by atoms with E-state index in [9.17, 15) is 9.59 Å². The molecule has 35 heavy (non-hydrogen) atoms. The third-order valence-corrected chi connectivity index (χ3v) is 6.98. The van der Waals surface area contributed by atoms with Crippen molar-refractivity contribution in [1.29, 1.82) is 0 Å². The average Bonchev–Trinajstić information content (AvgIpc) is 3.42. The minimum Gasteiger partial charge on any atom is -0.496 e. The standard InChI is InChI=1S/C26H24N2O6S/c1-5-32-25(30)22-15(3)27-26-28(23(22)17-8-6-7-9-18(17)31-4)24(29)21(35-26)12-16-11-20-19(10-14(16)2)33-13-34-20/h6-12,23H,5,13H2,1-4H3/b21-12-/t23-/m0/s1. The van der Waals surface area contributed by atoms with Crippen LogP contribution in [0.5, 0.6) is 17.2 Å². The highest BCUT2D eigenvalue weighted by atomic mass is 32.1. The van der Waals surface area contributed by atoms with Crippen LogP contribution in [-0.4, -0.2) is 31.0 Å². The molecule has 0 saturated carbocycles. The summed E-state index contributed by atoms with van der Waals surface area (Å²) in [5, 5.41) is 0. The lowest BCUT2D eigenvalue weighted by molar-refractivity contribution is -0.139. The van der Waals surface area contributed by atoms with Crippen LogP contribution in [0.4, 0.5) is 0 Å². The van der Waals surface area contributed by atoms with E-state index in [0.29, 0.717) is 43.4 Å². The van der Waals surface area contributed by atoms with E-state index in [4.69, 9.17) is 18.9 Å². The molecule has 2 aliphatic heterocycles. The van der Waals surface area contributed by atoms with Crippen molar-refractivity contribution in [3.8, 4) is 17.2 Å². The zero-order valence-corrected chi connectivity index (χ0v) is 20.6. The van der Waals surface area contributed by atoms with Gasteiger partial charge in [0.1, 0.15) is 11.8 Å². The number of methoxy groups -OCH3 is 1. The summed E-state index contributed by atoms with van der Waals surface area (Å²) in [6.45, 7) is 5.84. The molecule has 0 N–H and O–H groups in total. The largest absolute Gasteiger partial charge is 0.496 e. The Kier molecular flexibility index (Phi) is 5.94. The molecule has 0 aliphatic carbocycles. The monoisotopic (exact) mass is 492 g/mol. The van der Waals surface area contributed by atoms with Crippen LogP contribution < -0.4 is 29.1 Å². The molecule has 0 unspecified atom stereocenters. The first-order valence-corrected chi connectivity index (χ1v) is 12.0. The molecule has 2 aromatic carbocycles. The van der Waals surface area contributed by atoms with Gasteiger partial charge in [-0.15, -0.1) is 0 Å². The van der Waals surface area contributed by atoms with Crippen LogP contribution in [-0.2, 0) is 9.53 Å². The van der Waals surface area contributed by atoms with Crippen molar-refractivity contribution < 1.29 is 23.7 Å². The van der Waals surface area contributed by atoms with E-state index in [-0.39, 0.29) is 19.0 Å². The first-order chi connectivity index (χ1) is 16.9. The Labute approximate surface area is 205 Å². The summed E-state index contributed by atoms with van der Waals surface area (Å²) >= 11 is 1.27. The molecule has 5 rings (SSSR count). The predicted octanol–water partition coefficient (Wildman–Crippen LogP) is 2.84. The van der Waals surface area contributed by atoms with Gasteiger partial charge in [0, 0.05) is 5.56 Å². The van der Waals surface area contributed by atoms with Gasteiger partial charge in [-0.25, -0.2) is 9.79 Å². The minimum atomic E-state index is -0.735. The SMILES string of the molecule is CCOC(=O)C1=C(C)N=c2s/c(=C\c3cc4c(cc3C)OCO4)c(=O)n2[C@H]1c1ccccc1OC. The maximum absolute atomic E-state index is 13.8. The zero-order valence-electron chi connectivity index (χ0n) is 19.8. The molecule has 0 saturated heterocycles. The first-order valence-electron chi connectivity index (χ1n) is 11.2. The summed E-state index contributed by atoms with van der Waals surface area (Å²) in [4.78, 5) is 31.9. The van der Waals surface area contributed by atoms with Gasteiger partial charge in [0.2, 0.25) is 6.79 Å². The third kappa shape index (κ3) is 3.91. The number of thiazole rings is 1. The van der Waals surface area contributed by atoms with Crippen molar-refractivity contribution in [3.05, 3.63) is 84.0 Å². The van der Waals surface area contributed by atoms with Crippen molar-refractivity contribution in [1.82, 2.24) is 4.57 Å². The Morgan fingerprint density at radius 3 is 2.71 bits per heavy atom. The van der Waals surface area contributed by atoms with Crippen molar-refractivity contribution >= 4 is 23.4 Å². The highest BCUT2D eigenvalue weighted by molar-refractivity contribution is 7.07. The molecule has 8 nitrogen and oxygen atoms in total. The van der Waals surface area contributed by atoms with Crippen molar-refractivity contribution in [2.24, 2.45) is 4.99 Å². The summed E-state index contributed by atoms with van der Waals surface area (Å²) < 4.78 is 23.9. The minimum absolute atomic E-state index is 0.176. The third-order valence-electron chi connectivity index (χ3n) is 6.00. The van der Waals surface area contributed by atoms with Gasteiger partial charge in [-0.05, 0) is 56.2 Å². The number of fused-ring (bicyclic) bond motifs is 2. The van der Waals surface area contributed by atoms with Crippen LogP contribution in [0.1, 0.15) is 36.6 Å². The first kappa shape index (κ1) is 22.9. The number of aryl methyl sites for hydroxylation is 1. The number of aromatic nitrogens is 1. The maximum Gasteiger partial charge on any atom is 0.338 e. The number of allylic oxidation sites excluding steroid dienone is 1. The molecule has 180 valence electrons. The maximum atomic E-state index is 13.8. The van der Waals surface area contributed by atoms with Crippen molar-refractivity contribution in [2.45, 2.75) is 26.8 Å². The number of ether oxygens (including phenoxy) is 4. The Balaban J connectivity index is 1.74. The topological polar surface area (TPSA) is 88.4 Å². The normalized spacial score (nSPS) is 16.7. The molecule has 2 aliphatic rings. The molecule has 1 aromatic heterocycles. The Hall–Kier alpha value is -3.85. The number of carbonyl (C=O) groups is 1. The molecule has 0 fully saturated rings. The van der Waals surface area contributed by atoms with E-state index in [1.54, 1.807) is 31.6 Å². The van der Waals surface area contributed by atoms with Crippen LogP contribution in [0, 0.1) is 6.92 Å². The van der Waals surface area contributed by atoms with E-state index < -0.39 is 12.0 Å². The number of para-hydroxylation sites is 1. The fraction of sp³-hybridized carbons (Fsp3) is 0.269. The Morgan fingerprint density at radius 1 is 1.23 bits per heavy atom. The molecule has 1 atom stereocenters. The van der Waals surface area contributed by atoms with Crippen LogP contribution >= 0.6 is 11.3 Å². The van der Waals surface area contributed by atoms with E-state index in [2.05, 4.69) is 4.99 Å². The Morgan fingerprint density at radius 2 is 1.97 bits per heavy atom. The van der Waals surface area contributed by atoms with E-state index in [1.807, 2.05) is 43.3 Å². The van der Waals surface area contributed by atoms with Crippen LogP contribution in [0.25, 0.3) is 6.08 Å². The molecule has 9 heteroatoms. The molecule has 0 bridgehead atoms. The average molecular weight is 493 g/mol. The lowest BCUT2D eigenvalue weighted by Gasteiger charge is -2.25. The molecule has 0 spiro atoms. The summed E-state index contributed by atoms with van der Waals surface area (Å²) in [6, 6.07) is 10.4. The van der Waals surface area contributed by atoms with Gasteiger partial charge in [0.15, 0.2) is 16.3 Å². The highest BCUT2D eigenvalue weighted by Crippen LogP contribution is 2.36. The number of hydrogen-bond acceptors (Lipinski definition) is 8.